The molecular formula is C130H206. The standard InChI is InChI=1S/3C17H26.2C17H28.3C15H24/c1-13(2)5-6-15-7-9-16(10-8-15)17(11-12-17)14(3)4;1-13(2)8-9-15-6-5-7-16(12-15)17(10-11-17)14(3)4;1-13(2)9-10-15-7-5-6-8-16(15)17(11-12-17)14(3)4;1-13(2)7-8-15-9-11-16(12-10-15)17(5,6)14(3)4;1-13(2)10-11-15-8-7-9-16(12-15)17(5,6)14(3)4;1-12(2)5-6-14-7-9-15(10-8-14)11-13(3)4;1-12(2)8-9-14-6-5-7-15(11-14)10-13(3)4;1-12(2)9-10-14-7-5-6-8-15(14)11-13(3)4/h7-10,13-14H,5-6,11-12H2,1-4H3;5-7,12-14H,8-11H2,1-4H3;5-8,13-14H,9-12H2,1-4H3;9-14H,7-8H2,1-6H3;7-9,12-14H,10-11H2,1-6H3;7-10,12-13H,5-6,11H2,1-4H3;5-7,11-13H,8-10H2,1-4H3;5-8,12-13H,9-11H2,1-4H3. The van der Waals surface area contributed by atoms with Crippen LogP contribution < -0.4 is 0 Å². The Bertz CT molecular complexity index is 4130. The van der Waals surface area contributed by atoms with Gasteiger partial charge in [-0.25, -0.2) is 0 Å². The van der Waals surface area contributed by atoms with Crippen molar-refractivity contribution in [3.8, 4) is 0 Å². The van der Waals surface area contributed by atoms with Gasteiger partial charge in [-0.1, -0.05) is 443 Å². The number of hydrogen-bond donors (Lipinski definition) is 0. The second-order valence-electron chi connectivity index (χ2n) is 48.3. The van der Waals surface area contributed by atoms with Crippen LogP contribution in [-0.4, -0.2) is 0 Å². The van der Waals surface area contributed by atoms with Crippen molar-refractivity contribution >= 4 is 0 Å². The molecule has 3 saturated carbocycles. The fourth-order valence-electron chi connectivity index (χ4n) is 17.9. The molecule has 0 saturated heterocycles. The smallest absolute Gasteiger partial charge is 0.00206 e. The molecule has 0 radical (unpaired) electrons. The highest BCUT2D eigenvalue weighted by Crippen LogP contribution is 2.56. The van der Waals surface area contributed by atoms with Crippen LogP contribution in [0.4, 0.5) is 0 Å². The summed E-state index contributed by atoms with van der Waals surface area (Å²) in [5, 5.41) is 0. The zero-order valence-electron chi connectivity index (χ0n) is 91.9. The van der Waals surface area contributed by atoms with Crippen LogP contribution in [-0.2, 0) is 97.7 Å². The quantitative estimate of drug-likeness (QED) is 0.0359. The Hall–Kier alpha value is -6.24. The minimum atomic E-state index is 0.272. The molecule has 0 heteroatoms. The average molecular weight is 1770 g/mol. The second kappa shape index (κ2) is 58.3. The van der Waals surface area contributed by atoms with Gasteiger partial charge in [-0.2, -0.15) is 0 Å². The van der Waals surface area contributed by atoms with Crippen LogP contribution in [0.1, 0.15) is 428 Å². The maximum absolute atomic E-state index is 2.47. The van der Waals surface area contributed by atoms with Crippen LogP contribution in [0.2, 0.25) is 0 Å². The van der Waals surface area contributed by atoms with Gasteiger partial charge in [0.15, 0.2) is 0 Å². The summed E-state index contributed by atoms with van der Waals surface area (Å²) < 4.78 is 0. The van der Waals surface area contributed by atoms with E-state index in [-0.39, 0.29) is 10.8 Å². The Morgan fingerprint density at radius 1 is 0.208 bits per heavy atom. The summed E-state index contributed by atoms with van der Waals surface area (Å²) in [4.78, 5) is 0. The van der Waals surface area contributed by atoms with E-state index in [9.17, 15) is 0 Å². The summed E-state index contributed by atoms with van der Waals surface area (Å²) in [5.74, 6) is 12.4. The van der Waals surface area contributed by atoms with Gasteiger partial charge in [0, 0.05) is 0 Å². The third-order valence-corrected chi connectivity index (χ3v) is 29.6. The second-order valence-corrected chi connectivity index (χ2v) is 48.3. The fourth-order valence-corrected chi connectivity index (χ4v) is 17.9. The van der Waals surface area contributed by atoms with E-state index in [0.717, 1.165) is 82.9 Å². The zero-order chi connectivity index (χ0) is 97.3. The molecule has 0 nitrogen and oxygen atoms in total. The number of rotatable bonds is 40. The van der Waals surface area contributed by atoms with E-state index >= 15 is 0 Å². The predicted octanol–water partition coefficient (Wildman–Crippen LogP) is 38.7. The molecule has 8 aromatic rings. The molecule has 8 aromatic carbocycles. The van der Waals surface area contributed by atoms with E-state index in [0.29, 0.717) is 28.1 Å². The molecule has 726 valence electrons. The number of hydrogen-bond acceptors (Lipinski definition) is 0. The summed E-state index contributed by atoms with van der Waals surface area (Å²) in [7, 11) is 0. The largest absolute Gasteiger partial charge is 0.0628 e. The van der Waals surface area contributed by atoms with Crippen molar-refractivity contribution < 1.29 is 0 Å². The minimum absolute atomic E-state index is 0.272. The lowest BCUT2D eigenvalue weighted by atomic mass is 9.75. The van der Waals surface area contributed by atoms with Gasteiger partial charge >= 0.3 is 0 Å². The van der Waals surface area contributed by atoms with E-state index in [4.69, 9.17) is 0 Å². The van der Waals surface area contributed by atoms with Crippen molar-refractivity contribution in [2.75, 3.05) is 0 Å². The molecule has 0 aliphatic heterocycles. The first kappa shape index (κ1) is 116. The van der Waals surface area contributed by atoms with Crippen LogP contribution in [0.15, 0.2) is 194 Å². The molecular weight excluding hydrogens is 1560 g/mol. The Kier molecular flexibility index (Phi) is 52.0. The Morgan fingerprint density at radius 3 is 0.885 bits per heavy atom. The monoisotopic (exact) mass is 1770 g/mol. The third kappa shape index (κ3) is 43.2. The molecule has 3 aliphatic rings. The molecule has 0 bridgehead atoms. The maximum Gasteiger partial charge on any atom is -0.00206 e. The maximum atomic E-state index is 2.47. The summed E-state index contributed by atoms with van der Waals surface area (Å²) >= 11 is 0. The van der Waals surface area contributed by atoms with Crippen LogP contribution in [0, 0.1) is 94.7 Å². The number of aryl methyl sites for hydroxylation is 8. The first-order valence-corrected chi connectivity index (χ1v) is 53.8. The van der Waals surface area contributed by atoms with Crippen LogP contribution in [0.5, 0.6) is 0 Å². The lowest BCUT2D eigenvalue weighted by molar-refractivity contribution is 0.372. The van der Waals surface area contributed by atoms with Gasteiger partial charge in [0.25, 0.3) is 0 Å². The van der Waals surface area contributed by atoms with Gasteiger partial charge in [-0.15, -0.1) is 0 Å². The van der Waals surface area contributed by atoms with E-state index in [1.807, 2.05) is 0 Å². The molecule has 0 atom stereocenters. The molecule has 11 rings (SSSR count). The molecule has 0 unspecified atom stereocenters. The first-order chi connectivity index (χ1) is 61.1. The summed E-state index contributed by atoms with van der Waals surface area (Å²) in [6.45, 7) is 83.2. The highest BCUT2D eigenvalue weighted by Gasteiger charge is 2.49. The molecule has 130 heavy (non-hydrogen) atoms. The Balaban J connectivity index is 0.000000311. The topological polar surface area (TPSA) is 0 Å². The molecule has 3 aliphatic carbocycles. The third-order valence-electron chi connectivity index (χ3n) is 29.6. The summed E-state index contributed by atoms with van der Waals surface area (Å²) in [6.07, 6.45) is 32.1. The van der Waals surface area contributed by atoms with Crippen LogP contribution >= 0.6 is 0 Å². The lowest BCUT2D eigenvalue weighted by Gasteiger charge is -2.30. The first-order valence-electron chi connectivity index (χ1n) is 53.8. The normalized spacial score (nSPS) is 14.2. The summed E-state index contributed by atoms with van der Waals surface area (Å²) in [6, 6.07) is 73.5. The van der Waals surface area contributed by atoms with Gasteiger partial charge < -0.3 is 0 Å². The van der Waals surface area contributed by atoms with Crippen molar-refractivity contribution in [2.45, 2.75) is 437 Å². The van der Waals surface area contributed by atoms with Crippen molar-refractivity contribution in [3.05, 3.63) is 283 Å². The van der Waals surface area contributed by atoms with E-state index in [1.165, 1.54) is 216 Å². The van der Waals surface area contributed by atoms with Gasteiger partial charge in [0.1, 0.15) is 0 Å². The molecule has 0 N–H and O–H groups in total. The lowest BCUT2D eigenvalue weighted by Crippen LogP contribution is -2.24. The van der Waals surface area contributed by atoms with Gasteiger partial charge in [-0.3, -0.25) is 0 Å². The Morgan fingerprint density at radius 2 is 0.500 bits per heavy atom. The van der Waals surface area contributed by atoms with Crippen molar-refractivity contribution in [1.82, 2.24) is 0 Å². The van der Waals surface area contributed by atoms with Crippen LogP contribution in [0.25, 0.3) is 0 Å². The molecule has 0 amide bonds. The van der Waals surface area contributed by atoms with E-state index < -0.39 is 0 Å². The van der Waals surface area contributed by atoms with E-state index in [2.05, 4.69) is 443 Å². The molecule has 0 heterocycles. The zero-order valence-corrected chi connectivity index (χ0v) is 91.9. The summed E-state index contributed by atoms with van der Waals surface area (Å²) in [5.41, 5.74) is 26.5. The predicted molar refractivity (Wildman–Crippen MR) is 585 cm³/mol. The highest BCUT2D eigenvalue weighted by molar-refractivity contribution is 5.41. The fraction of sp³-hybridized carbons (Fsp3) is 0.631. The average Bonchev–Trinajstić information content (AvgIpc) is 1.61. The van der Waals surface area contributed by atoms with Crippen molar-refractivity contribution in [3.63, 3.8) is 0 Å². The van der Waals surface area contributed by atoms with Crippen molar-refractivity contribution in [2.24, 2.45) is 94.7 Å². The van der Waals surface area contributed by atoms with Gasteiger partial charge in [-0.05, 0) is 371 Å². The minimum Gasteiger partial charge on any atom is -0.0628 e. The van der Waals surface area contributed by atoms with Gasteiger partial charge in [0.05, 0.1) is 0 Å². The number of benzene rings is 8. The van der Waals surface area contributed by atoms with Gasteiger partial charge in [0.2, 0.25) is 0 Å². The molecule has 0 spiro atoms. The Labute approximate surface area is 809 Å². The van der Waals surface area contributed by atoms with Crippen LogP contribution in [0.3, 0.4) is 0 Å². The van der Waals surface area contributed by atoms with Crippen molar-refractivity contribution in [1.29, 1.82) is 0 Å². The van der Waals surface area contributed by atoms with E-state index in [1.54, 1.807) is 33.4 Å². The SMILES string of the molecule is CC(C)CCc1ccc(C(C)(C)C(C)C)cc1.CC(C)CCc1ccc(C2(C(C)C)CC2)cc1.CC(C)CCc1ccc(CC(C)C)cc1.CC(C)CCc1cccc(C(C)(C)C(C)C)c1.CC(C)CCc1cccc(C2(C(C)C)CC2)c1.CC(C)CCc1cccc(CC(C)C)c1.CC(C)CCc1ccccc1C1(C(C)C)CC1.CC(C)CCc1ccccc1CC(C)C. The molecule has 3 fully saturated rings. The molecule has 0 aromatic heterocycles. The highest BCUT2D eigenvalue weighted by atomic mass is 14.5.